The second-order valence-electron chi connectivity index (χ2n) is 10.4. The van der Waals surface area contributed by atoms with E-state index in [0.29, 0.717) is 16.9 Å². The number of allylic oxidation sites excluding steroid dienone is 1. The molecule has 2 aliphatic rings. The number of hydrogen-bond donors (Lipinski definition) is 0. The molecule has 0 aliphatic heterocycles. The summed E-state index contributed by atoms with van der Waals surface area (Å²) in [5.74, 6) is 1.50. The molecule has 39 heavy (non-hydrogen) atoms. The monoisotopic (exact) mass is 508 g/mol. The summed E-state index contributed by atoms with van der Waals surface area (Å²) in [6.45, 7) is 4.32. The van der Waals surface area contributed by atoms with Crippen LogP contribution in [0, 0.1) is 0 Å². The van der Waals surface area contributed by atoms with Crippen LogP contribution in [0.3, 0.4) is 0 Å². The highest BCUT2D eigenvalue weighted by Gasteiger charge is 2.40. The van der Waals surface area contributed by atoms with E-state index in [0.717, 1.165) is 39.6 Å². The molecule has 2 aliphatic carbocycles. The molecule has 0 saturated heterocycles. The van der Waals surface area contributed by atoms with Gasteiger partial charge in [-0.05, 0) is 48.0 Å². The number of aromatic nitrogens is 1. The number of furan rings is 1. The fourth-order valence-corrected chi connectivity index (χ4v) is 5.67. The van der Waals surface area contributed by atoms with Crippen LogP contribution in [-0.2, 0) is 5.41 Å². The number of carbonyl (C=O) groups excluding carboxylic acids is 2. The summed E-state index contributed by atoms with van der Waals surface area (Å²) < 4.78 is 6.28. The standard InChI is InChI=1S/C34H24N2O3/c1-34(2)28-19-30(36(21-11-5-3-6-12-21)22-13-7-4-8-14-22)35-20-27(28)33-29(34)18-23(39-33)17-26-31(37)24-15-9-10-16-25(24)32(26)38/h3-20H,1-2H3. The van der Waals surface area contributed by atoms with Crippen molar-refractivity contribution >= 4 is 34.8 Å². The van der Waals surface area contributed by atoms with Crippen LogP contribution in [0.1, 0.15) is 51.5 Å². The zero-order valence-electron chi connectivity index (χ0n) is 21.5. The summed E-state index contributed by atoms with van der Waals surface area (Å²) in [5, 5.41) is 0. The molecular weight excluding hydrogens is 484 g/mol. The van der Waals surface area contributed by atoms with Crippen LogP contribution in [0.2, 0.25) is 0 Å². The van der Waals surface area contributed by atoms with Gasteiger partial charge in [-0.25, -0.2) is 4.98 Å². The van der Waals surface area contributed by atoms with E-state index < -0.39 is 0 Å². The highest BCUT2D eigenvalue weighted by Crippen LogP contribution is 2.51. The van der Waals surface area contributed by atoms with Crippen LogP contribution in [0.25, 0.3) is 17.4 Å². The molecule has 0 fully saturated rings. The van der Waals surface area contributed by atoms with Gasteiger partial charge in [-0.1, -0.05) is 74.5 Å². The molecule has 7 rings (SSSR count). The predicted molar refractivity (Wildman–Crippen MR) is 152 cm³/mol. The first kappa shape index (κ1) is 23.1. The van der Waals surface area contributed by atoms with Crippen LogP contribution in [0.4, 0.5) is 17.2 Å². The average Bonchev–Trinajstić information content (AvgIpc) is 3.56. The van der Waals surface area contributed by atoms with Gasteiger partial charge in [0, 0.05) is 45.2 Å². The van der Waals surface area contributed by atoms with Crippen LogP contribution < -0.4 is 4.90 Å². The van der Waals surface area contributed by atoms with E-state index in [1.54, 1.807) is 30.3 Å². The Balaban J connectivity index is 1.30. The van der Waals surface area contributed by atoms with Gasteiger partial charge in [0.2, 0.25) is 0 Å². The van der Waals surface area contributed by atoms with E-state index >= 15 is 0 Å². The molecule has 0 amide bonds. The maximum atomic E-state index is 12.9. The van der Waals surface area contributed by atoms with Crippen molar-refractivity contribution in [1.82, 2.24) is 4.98 Å². The smallest absolute Gasteiger partial charge is 0.197 e. The number of hydrogen-bond acceptors (Lipinski definition) is 5. The molecule has 5 aromatic rings. The van der Waals surface area contributed by atoms with Gasteiger partial charge in [0.1, 0.15) is 17.3 Å². The molecule has 0 radical (unpaired) electrons. The fourth-order valence-electron chi connectivity index (χ4n) is 5.67. The number of Topliss-reactive ketones (excluding diaryl/α,β-unsaturated/α-hetero) is 2. The van der Waals surface area contributed by atoms with Crippen molar-refractivity contribution in [2.75, 3.05) is 4.90 Å². The summed E-state index contributed by atoms with van der Waals surface area (Å²) in [6, 6.07) is 31.4. The first-order chi connectivity index (χ1) is 18.9. The Hall–Kier alpha value is -5.03. The lowest BCUT2D eigenvalue weighted by atomic mass is 9.83. The van der Waals surface area contributed by atoms with E-state index in [1.165, 1.54) is 0 Å². The molecular formula is C34H24N2O3. The van der Waals surface area contributed by atoms with E-state index in [4.69, 9.17) is 9.40 Å². The Labute approximate surface area is 226 Å². The van der Waals surface area contributed by atoms with Gasteiger partial charge in [0.15, 0.2) is 11.6 Å². The highest BCUT2D eigenvalue weighted by molar-refractivity contribution is 6.41. The number of anilines is 3. The zero-order chi connectivity index (χ0) is 26.7. The topological polar surface area (TPSA) is 63.4 Å². The van der Waals surface area contributed by atoms with Crippen molar-refractivity contribution in [3.63, 3.8) is 0 Å². The molecule has 0 N–H and O–H groups in total. The lowest BCUT2D eigenvalue weighted by molar-refractivity contribution is 0.0990. The Morgan fingerprint density at radius 2 is 1.28 bits per heavy atom. The van der Waals surface area contributed by atoms with Crippen molar-refractivity contribution in [2.24, 2.45) is 0 Å². The zero-order valence-corrected chi connectivity index (χ0v) is 21.5. The maximum absolute atomic E-state index is 12.9. The van der Waals surface area contributed by atoms with Crippen molar-refractivity contribution in [1.29, 1.82) is 0 Å². The molecule has 0 bridgehead atoms. The normalized spacial score (nSPS) is 14.7. The summed E-state index contributed by atoms with van der Waals surface area (Å²) in [5.41, 5.74) is 5.71. The fraction of sp³-hybridized carbons (Fsp3) is 0.0882. The number of ketones is 2. The van der Waals surface area contributed by atoms with Crippen molar-refractivity contribution in [2.45, 2.75) is 19.3 Å². The van der Waals surface area contributed by atoms with Crippen molar-refractivity contribution in [3.05, 3.63) is 137 Å². The number of fused-ring (bicyclic) bond motifs is 4. The second-order valence-corrected chi connectivity index (χ2v) is 10.4. The Bertz CT molecular complexity index is 1740. The molecule has 0 unspecified atom stereocenters. The number of carbonyl (C=O) groups is 2. The van der Waals surface area contributed by atoms with Gasteiger partial charge in [0.25, 0.3) is 0 Å². The molecule has 5 nitrogen and oxygen atoms in total. The molecule has 188 valence electrons. The Morgan fingerprint density at radius 3 is 1.87 bits per heavy atom. The van der Waals surface area contributed by atoms with Crippen LogP contribution in [0.5, 0.6) is 0 Å². The summed E-state index contributed by atoms with van der Waals surface area (Å²) in [6.07, 6.45) is 3.44. The average molecular weight is 509 g/mol. The molecule has 0 spiro atoms. The second kappa shape index (κ2) is 8.50. The minimum absolute atomic E-state index is 0.136. The van der Waals surface area contributed by atoms with E-state index in [1.807, 2.05) is 48.7 Å². The molecule has 5 heteroatoms. The van der Waals surface area contributed by atoms with Gasteiger partial charge in [-0.15, -0.1) is 0 Å². The quantitative estimate of drug-likeness (QED) is 0.182. The number of pyridine rings is 1. The predicted octanol–water partition coefficient (Wildman–Crippen LogP) is 7.91. The van der Waals surface area contributed by atoms with Crippen LogP contribution >= 0.6 is 0 Å². The Kier molecular flexibility index (Phi) is 5.04. The lowest BCUT2D eigenvalue weighted by Gasteiger charge is -2.26. The van der Waals surface area contributed by atoms with Gasteiger partial charge in [0.05, 0.1) is 5.57 Å². The third-order valence-corrected chi connectivity index (χ3v) is 7.68. The SMILES string of the molecule is CC1(C)c2cc(N(c3ccccc3)c3ccccc3)ncc2-c2oc(C=C3C(=O)c4ccccc4C3=O)cc21. The molecule has 0 atom stereocenters. The summed E-state index contributed by atoms with van der Waals surface area (Å²) in [4.78, 5) is 32.8. The first-order valence-electron chi connectivity index (χ1n) is 12.9. The number of para-hydroxylation sites is 2. The first-order valence-corrected chi connectivity index (χ1v) is 12.9. The van der Waals surface area contributed by atoms with E-state index in [9.17, 15) is 9.59 Å². The third kappa shape index (κ3) is 3.51. The summed E-state index contributed by atoms with van der Waals surface area (Å²) >= 11 is 0. The van der Waals surface area contributed by atoms with Gasteiger partial charge in [-0.2, -0.15) is 0 Å². The highest BCUT2D eigenvalue weighted by atomic mass is 16.3. The van der Waals surface area contributed by atoms with E-state index in [-0.39, 0.29) is 22.6 Å². The van der Waals surface area contributed by atoms with Crippen LogP contribution in [0.15, 0.2) is 113 Å². The van der Waals surface area contributed by atoms with Gasteiger partial charge >= 0.3 is 0 Å². The maximum Gasteiger partial charge on any atom is 0.197 e. The number of benzene rings is 3. The number of rotatable bonds is 4. The van der Waals surface area contributed by atoms with E-state index in [2.05, 4.69) is 49.1 Å². The summed E-state index contributed by atoms with van der Waals surface area (Å²) in [7, 11) is 0. The minimum Gasteiger partial charge on any atom is -0.456 e. The van der Waals surface area contributed by atoms with Crippen LogP contribution in [-0.4, -0.2) is 16.6 Å². The molecule has 2 heterocycles. The van der Waals surface area contributed by atoms with Gasteiger partial charge < -0.3 is 4.42 Å². The van der Waals surface area contributed by atoms with Crippen molar-refractivity contribution < 1.29 is 14.0 Å². The lowest BCUT2D eigenvalue weighted by Crippen LogP contribution is -2.17. The van der Waals surface area contributed by atoms with Crippen molar-refractivity contribution in [3.8, 4) is 11.3 Å². The molecule has 2 aromatic heterocycles. The molecule has 3 aromatic carbocycles. The third-order valence-electron chi connectivity index (χ3n) is 7.68. The Morgan fingerprint density at radius 1 is 0.718 bits per heavy atom. The molecule has 0 saturated carbocycles. The van der Waals surface area contributed by atoms with Gasteiger partial charge in [-0.3, -0.25) is 14.5 Å². The largest absolute Gasteiger partial charge is 0.456 e. The number of nitrogens with zero attached hydrogens (tertiary/aromatic N) is 2. The minimum atomic E-state index is -0.367.